The van der Waals surface area contributed by atoms with E-state index in [0.29, 0.717) is 25.0 Å². The maximum Gasteiger partial charge on any atom is 0.259 e. The number of pyridine rings is 1. The first kappa shape index (κ1) is 36.6. The van der Waals surface area contributed by atoms with Crippen molar-refractivity contribution >= 4 is 44.2 Å². The van der Waals surface area contributed by atoms with Crippen molar-refractivity contribution in [3.05, 3.63) is 42.6 Å². The third-order valence-corrected chi connectivity index (χ3v) is 14.0. The molecule has 1 aromatic carbocycles. The molecular weight excluding hydrogens is 690 g/mol. The number of rotatable bonds is 8. The molecule has 4 fully saturated rings. The molecule has 6 atom stereocenters. The second-order valence-electron chi connectivity index (χ2n) is 15.5. The van der Waals surface area contributed by atoms with Crippen molar-refractivity contribution < 1.29 is 36.7 Å². The summed E-state index contributed by atoms with van der Waals surface area (Å²) in [4.78, 5) is 50.7. The molecule has 5 aliphatic rings. The molecule has 7 rings (SSSR count). The summed E-state index contributed by atoms with van der Waals surface area (Å²) >= 11 is 0. The summed E-state index contributed by atoms with van der Waals surface area (Å²) in [5.74, 6) is -1.14. The topological polar surface area (TPSA) is 147 Å². The summed E-state index contributed by atoms with van der Waals surface area (Å²) in [5, 5.41) is 4.69. The van der Waals surface area contributed by atoms with E-state index in [1.54, 1.807) is 11.1 Å². The average Bonchev–Trinajstić information content (AvgIpc) is 4.05. The van der Waals surface area contributed by atoms with Crippen LogP contribution in [0.1, 0.15) is 71.6 Å². The van der Waals surface area contributed by atoms with Gasteiger partial charge in [-0.2, -0.15) is 0 Å². The van der Waals surface area contributed by atoms with Crippen molar-refractivity contribution in [3.63, 3.8) is 0 Å². The number of aromatic nitrogens is 1. The fraction of sp³-hybridized carbons (Fsp3) is 0.632. The second-order valence-corrected chi connectivity index (χ2v) is 17.6. The Morgan fingerprint density at radius 1 is 1.15 bits per heavy atom. The van der Waals surface area contributed by atoms with Gasteiger partial charge in [0.05, 0.1) is 31.6 Å². The molecule has 3 amide bonds. The molecule has 282 valence electrons. The van der Waals surface area contributed by atoms with Crippen LogP contribution in [-0.2, 0) is 29.1 Å². The molecule has 0 bridgehead atoms. The Morgan fingerprint density at radius 2 is 1.90 bits per heavy atom. The molecule has 0 spiro atoms. The van der Waals surface area contributed by atoms with Crippen LogP contribution in [-0.4, -0.2) is 98.0 Å². The van der Waals surface area contributed by atoms with Crippen molar-refractivity contribution in [2.75, 3.05) is 44.4 Å². The van der Waals surface area contributed by atoms with Gasteiger partial charge in [-0.25, -0.2) is 17.8 Å². The van der Waals surface area contributed by atoms with E-state index in [1.807, 2.05) is 36.4 Å². The molecule has 1 aromatic heterocycles. The zero-order chi connectivity index (χ0) is 36.7. The highest BCUT2D eigenvalue weighted by molar-refractivity contribution is 7.91. The molecule has 2 aliphatic carbocycles. The summed E-state index contributed by atoms with van der Waals surface area (Å²) in [6, 6.07) is 6.91. The molecule has 52 heavy (non-hydrogen) atoms. The Kier molecular flexibility index (Phi) is 10.2. The van der Waals surface area contributed by atoms with Gasteiger partial charge in [0.15, 0.2) is 0 Å². The number of fused-ring (bicyclic) bond motifs is 3. The van der Waals surface area contributed by atoms with Crippen molar-refractivity contribution in [3.8, 4) is 5.88 Å². The van der Waals surface area contributed by atoms with Gasteiger partial charge in [-0.05, 0) is 56.4 Å². The van der Waals surface area contributed by atoms with E-state index >= 15 is 0 Å². The number of nitrogens with zero attached hydrogens (tertiary/aromatic N) is 3. The number of hydrogen-bond donors (Lipinski definition) is 2. The van der Waals surface area contributed by atoms with Gasteiger partial charge in [-0.15, -0.1) is 0 Å². The number of carbonyl (C=O) groups excluding carboxylic acids is 3. The van der Waals surface area contributed by atoms with Gasteiger partial charge < -0.3 is 24.6 Å². The molecule has 14 heteroatoms. The Hall–Kier alpha value is -3.78. The Labute approximate surface area is 304 Å². The van der Waals surface area contributed by atoms with Crippen molar-refractivity contribution in [2.24, 2.45) is 17.8 Å². The minimum atomic E-state index is -4.31. The van der Waals surface area contributed by atoms with Gasteiger partial charge in [0.25, 0.3) is 5.91 Å². The van der Waals surface area contributed by atoms with Crippen LogP contribution in [0.25, 0.3) is 10.8 Å². The van der Waals surface area contributed by atoms with Crippen molar-refractivity contribution in [2.45, 2.75) is 94.1 Å². The SMILES string of the molecule is CC[C@H]1CC(=O)N2C[C@H](Oc3ncc(N4CCOCC4)c4ccccc34)C[C@H]2C(=O)N[C@]2(C(=O)NS(=O)(=O)C3(CF)CC3)C[C@H]2/C=C\CC[C@H](C)C1. The number of nitrogens with one attached hydrogen (secondary N) is 2. The molecule has 4 heterocycles. The summed E-state index contributed by atoms with van der Waals surface area (Å²) in [6.07, 6.45) is 9.32. The zero-order valence-electron chi connectivity index (χ0n) is 30.0. The lowest BCUT2D eigenvalue weighted by Gasteiger charge is -2.30. The summed E-state index contributed by atoms with van der Waals surface area (Å²) < 4.78 is 52.6. The molecule has 3 aliphatic heterocycles. The number of amides is 3. The van der Waals surface area contributed by atoms with Crippen LogP contribution in [0.4, 0.5) is 10.1 Å². The van der Waals surface area contributed by atoms with Crippen LogP contribution >= 0.6 is 0 Å². The number of anilines is 1. The number of hydrogen-bond acceptors (Lipinski definition) is 9. The molecule has 12 nitrogen and oxygen atoms in total. The fourth-order valence-electron chi connectivity index (χ4n) is 8.17. The van der Waals surface area contributed by atoms with Crippen molar-refractivity contribution in [1.82, 2.24) is 19.9 Å². The normalized spacial score (nSPS) is 31.4. The Balaban J connectivity index is 1.17. The van der Waals surface area contributed by atoms with Crippen LogP contribution < -0.4 is 19.7 Å². The number of morpholine rings is 1. The first-order valence-electron chi connectivity index (χ1n) is 18.8. The first-order valence-corrected chi connectivity index (χ1v) is 20.3. The molecule has 2 N–H and O–H groups in total. The van der Waals surface area contributed by atoms with E-state index in [9.17, 15) is 27.2 Å². The van der Waals surface area contributed by atoms with E-state index in [2.05, 4.69) is 28.8 Å². The quantitative estimate of drug-likeness (QED) is 0.383. The number of ether oxygens (including phenoxy) is 2. The minimum absolute atomic E-state index is 0.131. The van der Waals surface area contributed by atoms with Crippen LogP contribution in [0.15, 0.2) is 42.6 Å². The van der Waals surface area contributed by atoms with Crippen molar-refractivity contribution in [1.29, 1.82) is 0 Å². The molecular formula is C38H50FN5O7S. The lowest BCUT2D eigenvalue weighted by molar-refractivity contribution is -0.140. The monoisotopic (exact) mass is 739 g/mol. The van der Waals surface area contributed by atoms with E-state index < -0.39 is 56.9 Å². The van der Waals surface area contributed by atoms with Crippen LogP contribution in [0.5, 0.6) is 5.88 Å². The third kappa shape index (κ3) is 7.12. The first-order chi connectivity index (χ1) is 25.0. The maximum absolute atomic E-state index is 14.3. The molecule has 2 saturated heterocycles. The van der Waals surface area contributed by atoms with Crippen LogP contribution in [0, 0.1) is 17.8 Å². The average molecular weight is 740 g/mol. The van der Waals surface area contributed by atoms with Gasteiger partial charge in [-0.1, -0.05) is 50.6 Å². The van der Waals surface area contributed by atoms with Gasteiger partial charge >= 0.3 is 0 Å². The van der Waals surface area contributed by atoms with Gasteiger partial charge in [0.2, 0.25) is 27.7 Å². The number of sulfonamides is 1. The van der Waals surface area contributed by atoms with Gasteiger partial charge in [0.1, 0.15) is 29.1 Å². The number of allylic oxidation sites excluding steroid dienone is 1. The summed E-state index contributed by atoms with van der Waals surface area (Å²) in [7, 11) is -4.31. The van der Waals surface area contributed by atoms with E-state index in [1.165, 1.54) is 0 Å². The Bertz CT molecular complexity index is 1830. The molecule has 0 radical (unpaired) electrons. The number of benzene rings is 1. The van der Waals surface area contributed by atoms with E-state index in [-0.39, 0.29) is 50.5 Å². The van der Waals surface area contributed by atoms with Gasteiger partial charge in [0, 0.05) is 42.6 Å². The fourth-order valence-corrected chi connectivity index (χ4v) is 9.60. The summed E-state index contributed by atoms with van der Waals surface area (Å²) in [5.41, 5.74) is -0.552. The standard InChI is InChI=1S/C38H50FN5O7S/c1-3-26-18-25(2)8-4-5-9-27-21-38(27,36(47)42-52(48,49)37(24-39)12-13-37)41-34(46)31-20-28(23-44(31)33(45)19-26)51-35-30-11-7-6-10-29(30)32(22-40-35)43-14-16-50-17-15-43/h5-7,9-11,22,25-28,31H,3-4,8,12-21,23-24H2,1-2H3,(H,41,46)(H,42,47)/b9-5-/t25-,26+,27+,28+,31-,38+/m0/s1. The highest BCUT2D eigenvalue weighted by Gasteiger charge is 2.64. The molecule has 0 unspecified atom stereocenters. The van der Waals surface area contributed by atoms with E-state index in [0.717, 1.165) is 55.2 Å². The predicted octanol–water partition coefficient (Wildman–Crippen LogP) is 4.04. The number of halogens is 1. The third-order valence-electron chi connectivity index (χ3n) is 11.8. The highest BCUT2D eigenvalue weighted by atomic mass is 32.2. The lowest BCUT2D eigenvalue weighted by Crippen LogP contribution is -2.57. The van der Waals surface area contributed by atoms with Gasteiger partial charge in [-0.3, -0.25) is 19.1 Å². The largest absolute Gasteiger partial charge is 0.472 e. The van der Waals surface area contributed by atoms with Crippen LogP contribution in [0.3, 0.4) is 0 Å². The maximum atomic E-state index is 14.3. The highest BCUT2D eigenvalue weighted by Crippen LogP contribution is 2.48. The molecule has 2 saturated carbocycles. The van der Waals surface area contributed by atoms with E-state index in [4.69, 9.17) is 14.5 Å². The minimum Gasteiger partial charge on any atom is -0.472 e. The smallest absolute Gasteiger partial charge is 0.259 e. The van der Waals surface area contributed by atoms with Crippen LogP contribution in [0.2, 0.25) is 0 Å². The predicted molar refractivity (Wildman–Crippen MR) is 194 cm³/mol. The molecule has 2 aromatic rings. The lowest BCUT2D eigenvalue weighted by atomic mass is 9.88. The second kappa shape index (κ2) is 14.6. The zero-order valence-corrected chi connectivity index (χ0v) is 30.8. The Morgan fingerprint density at radius 3 is 2.62 bits per heavy atom. The number of carbonyl (C=O) groups is 3. The number of alkyl halides is 1. The summed E-state index contributed by atoms with van der Waals surface area (Å²) in [6.45, 7) is 6.08.